The van der Waals surface area contributed by atoms with Gasteiger partial charge in [0, 0.05) is 32.6 Å². The van der Waals surface area contributed by atoms with Gasteiger partial charge in [0.05, 0.1) is 6.33 Å². The molecule has 0 aliphatic carbocycles. The van der Waals surface area contributed by atoms with Crippen LogP contribution in [0.5, 0.6) is 0 Å². The molecule has 154 valence electrons. The monoisotopic (exact) mass is 425 g/mol. The molecule has 1 aromatic carbocycles. The first-order valence-corrected chi connectivity index (χ1v) is 10.1. The number of rotatable bonds is 6. The molecular weight excluding hydrogens is 406 g/mol. The molecule has 3 aromatic heterocycles. The van der Waals surface area contributed by atoms with E-state index < -0.39 is 11.2 Å². The Labute approximate surface area is 174 Å². The van der Waals surface area contributed by atoms with E-state index in [9.17, 15) is 14.4 Å². The van der Waals surface area contributed by atoms with Crippen LogP contribution in [0.1, 0.15) is 12.8 Å². The molecule has 0 spiro atoms. The van der Waals surface area contributed by atoms with Gasteiger partial charge in [0.2, 0.25) is 11.0 Å². The Morgan fingerprint density at radius 3 is 2.63 bits per heavy atom. The lowest BCUT2D eigenvalue weighted by Gasteiger charge is -2.06. The van der Waals surface area contributed by atoms with Crippen LogP contribution in [0.25, 0.3) is 21.7 Å². The van der Waals surface area contributed by atoms with Crippen LogP contribution in [0.15, 0.2) is 46.2 Å². The number of amides is 1. The SMILES string of the molecule is Cn1c(=O)c2c(ncn2CCCC(=O)Nc2nnc(-c3ccccc3)s2)n(C)c1=O. The molecule has 0 saturated heterocycles. The predicted octanol–water partition coefficient (Wildman–Crippen LogP) is 1.37. The molecule has 11 heteroatoms. The Morgan fingerprint density at radius 2 is 1.87 bits per heavy atom. The van der Waals surface area contributed by atoms with Crippen LogP contribution >= 0.6 is 11.3 Å². The predicted molar refractivity (Wildman–Crippen MR) is 113 cm³/mol. The zero-order valence-electron chi connectivity index (χ0n) is 16.4. The highest BCUT2D eigenvalue weighted by atomic mass is 32.1. The van der Waals surface area contributed by atoms with Gasteiger partial charge in [0.15, 0.2) is 11.2 Å². The number of aromatic nitrogens is 6. The number of imidazole rings is 1. The van der Waals surface area contributed by atoms with Gasteiger partial charge in [-0.15, -0.1) is 10.2 Å². The minimum Gasteiger partial charge on any atom is -0.325 e. The van der Waals surface area contributed by atoms with Crippen molar-refractivity contribution in [2.45, 2.75) is 19.4 Å². The van der Waals surface area contributed by atoms with Gasteiger partial charge in [-0.3, -0.25) is 18.7 Å². The van der Waals surface area contributed by atoms with Crippen molar-refractivity contribution in [3.63, 3.8) is 0 Å². The second kappa shape index (κ2) is 8.03. The summed E-state index contributed by atoms with van der Waals surface area (Å²) in [5.41, 5.74) is 0.784. The zero-order chi connectivity index (χ0) is 21.3. The van der Waals surface area contributed by atoms with Gasteiger partial charge in [-0.25, -0.2) is 9.78 Å². The van der Waals surface area contributed by atoms with Gasteiger partial charge in [0.25, 0.3) is 5.56 Å². The molecular formula is C19H19N7O3S. The number of carbonyl (C=O) groups excluding carboxylic acids is 1. The summed E-state index contributed by atoms with van der Waals surface area (Å²) in [5, 5.41) is 12.1. The summed E-state index contributed by atoms with van der Waals surface area (Å²) in [6.07, 6.45) is 2.25. The van der Waals surface area contributed by atoms with E-state index in [2.05, 4.69) is 20.5 Å². The molecule has 4 aromatic rings. The van der Waals surface area contributed by atoms with E-state index in [1.54, 1.807) is 11.6 Å². The molecule has 0 atom stereocenters. The first kappa shape index (κ1) is 19.7. The van der Waals surface area contributed by atoms with Crippen LogP contribution in [0, 0.1) is 0 Å². The van der Waals surface area contributed by atoms with Crippen molar-refractivity contribution in [3.8, 4) is 10.6 Å². The second-order valence-corrected chi connectivity index (χ2v) is 7.72. The van der Waals surface area contributed by atoms with E-state index in [1.165, 1.54) is 29.3 Å². The van der Waals surface area contributed by atoms with E-state index in [0.717, 1.165) is 15.1 Å². The molecule has 0 fully saturated rings. The maximum absolute atomic E-state index is 12.4. The highest BCUT2D eigenvalue weighted by Gasteiger charge is 2.15. The molecule has 1 amide bonds. The Bertz CT molecular complexity index is 1330. The van der Waals surface area contributed by atoms with Crippen molar-refractivity contribution < 1.29 is 4.79 Å². The zero-order valence-corrected chi connectivity index (χ0v) is 17.2. The molecule has 3 heterocycles. The van der Waals surface area contributed by atoms with Crippen LogP contribution in [0.2, 0.25) is 0 Å². The highest BCUT2D eigenvalue weighted by Crippen LogP contribution is 2.25. The normalized spacial score (nSPS) is 11.1. The number of aryl methyl sites for hydroxylation is 2. The lowest BCUT2D eigenvalue weighted by molar-refractivity contribution is -0.116. The number of fused-ring (bicyclic) bond motifs is 1. The largest absolute Gasteiger partial charge is 0.332 e. The molecule has 0 unspecified atom stereocenters. The molecule has 1 N–H and O–H groups in total. The van der Waals surface area contributed by atoms with E-state index >= 15 is 0 Å². The van der Waals surface area contributed by atoms with Gasteiger partial charge in [-0.2, -0.15) is 0 Å². The number of hydrogen-bond donors (Lipinski definition) is 1. The van der Waals surface area contributed by atoms with Gasteiger partial charge in [0.1, 0.15) is 5.01 Å². The summed E-state index contributed by atoms with van der Waals surface area (Å²) in [5.74, 6) is -0.185. The van der Waals surface area contributed by atoms with Crippen molar-refractivity contribution in [2.24, 2.45) is 14.1 Å². The van der Waals surface area contributed by atoms with Crippen molar-refractivity contribution in [1.82, 2.24) is 28.9 Å². The highest BCUT2D eigenvalue weighted by molar-refractivity contribution is 7.18. The number of carbonyl (C=O) groups is 1. The van der Waals surface area contributed by atoms with Crippen molar-refractivity contribution >= 4 is 33.5 Å². The molecule has 30 heavy (non-hydrogen) atoms. The third-order valence-corrected chi connectivity index (χ3v) is 5.60. The first-order chi connectivity index (χ1) is 14.5. The Kier molecular flexibility index (Phi) is 5.27. The van der Waals surface area contributed by atoms with Crippen molar-refractivity contribution in [1.29, 1.82) is 0 Å². The van der Waals surface area contributed by atoms with Crippen LogP contribution in [0.3, 0.4) is 0 Å². The summed E-state index contributed by atoms with van der Waals surface area (Å²) >= 11 is 1.31. The number of anilines is 1. The summed E-state index contributed by atoms with van der Waals surface area (Å²) in [4.78, 5) is 40.9. The number of nitrogens with one attached hydrogen (secondary N) is 1. The summed E-state index contributed by atoms with van der Waals surface area (Å²) in [6, 6.07) is 9.62. The summed E-state index contributed by atoms with van der Waals surface area (Å²) < 4.78 is 4.05. The molecule has 0 aliphatic rings. The average molecular weight is 425 g/mol. The van der Waals surface area contributed by atoms with Gasteiger partial charge >= 0.3 is 5.69 Å². The van der Waals surface area contributed by atoms with Crippen LogP contribution < -0.4 is 16.6 Å². The molecule has 10 nitrogen and oxygen atoms in total. The van der Waals surface area contributed by atoms with Crippen molar-refractivity contribution in [3.05, 3.63) is 57.5 Å². The van der Waals surface area contributed by atoms with E-state index in [0.29, 0.717) is 29.3 Å². The van der Waals surface area contributed by atoms with Crippen LogP contribution in [-0.2, 0) is 25.4 Å². The third-order valence-electron chi connectivity index (χ3n) is 4.71. The lowest BCUT2D eigenvalue weighted by atomic mass is 10.2. The standard InChI is InChI=1S/C19H19N7O3S/c1-24-15-14(17(28)25(2)19(24)29)26(11-20-15)10-6-9-13(27)21-18-23-22-16(30-18)12-7-4-3-5-8-12/h3-5,7-8,11H,6,9-10H2,1-2H3,(H,21,23,27). The molecule has 0 radical (unpaired) electrons. The quantitative estimate of drug-likeness (QED) is 0.499. The first-order valence-electron chi connectivity index (χ1n) is 9.25. The fraction of sp³-hybridized carbons (Fsp3) is 0.263. The van der Waals surface area contributed by atoms with E-state index in [4.69, 9.17) is 0 Å². The maximum atomic E-state index is 12.4. The minimum absolute atomic E-state index is 0.185. The van der Waals surface area contributed by atoms with Gasteiger partial charge in [-0.05, 0) is 6.42 Å². The third kappa shape index (κ3) is 3.66. The number of nitrogens with zero attached hydrogens (tertiary/aromatic N) is 6. The average Bonchev–Trinajstić information content (AvgIpc) is 3.39. The Hall–Kier alpha value is -3.60. The topological polar surface area (TPSA) is 117 Å². The fourth-order valence-electron chi connectivity index (χ4n) is 3.13. The number of hydrogen-bond acceptors (Lipinski definition) is 7. The summed E-state index contributed by atoms with van der Waals surface area (Å²) in [6.45, 7) is 0.419. The Balaban J connectivity index is 1.39. The van der Waals surface area contributed by atoms with E-state index in [-0.39, 0.29) is 12.3 Å². The van der Waals surface area contributed by atoms with Gasteiger partial charge in [-0.1, -0.05) is 41.7 Å². The number of benzene rings is 1. The molecule has 4 rings (SSSR count). The fourth-order valence-corrected chi connectivity index (χ4v) is 3.89. The van der Waals surface area contributed by atoms with Crippen molar-refractivity contribution in [2.75, 3.05) is 5.32 Å². The maximum Gasteiger partial charge on any atom is 0.332 e. The van der Waals surface area contributed by atoms with Crippen LogP contribution in [-0.4, -0.2) is 34.8 Å². The Morgan fingerprint density at radius 1 is 1.10 bits per heavy atom. The molecule has 0 bridgehead atoms. The summed E-state index contributed by atoms with van der Waals surface area (Å²) in [7, 11) is 3.00. The second-order valence-electron chi connectivity index (χ2n) is 6.75. The smallest absolute Gasteiger partial charge is 0.325 e. The molecule has 0 saturated carbocycles. The molecule has 0 aliphatic heterocycles. The minimum atomic E-state index is -0.427. The van der Waals surface area contributed by atoms with Gasteiger partial charge < -0.3 is 9.88 Å². The van der Waals surface area contributed by atoms with E-state index in [1.807, 2.05) is 30.3 Å². The van der Waals surface area contributed by atoms with Crippen LogP contribution in [0.4, 0.5) is 5.13 Å². The lowest BCUT2D eigenvalue weighted by Crippen LogP contribution is -2.37.